The highest BCUT2D eigenvalue weighted by Gasteiger charge is 2.40. The van der Waals surface area contributed by atoms with Gasteiger partial charge in [0.15, 0.2) is 0 Å². The summed E-state index contributed by atoms with van der Waals surface area (Å²) >= 11 is 2.02. The van der Waals surface area contributed by atoms with Crippen LogP contribution in [-0.2, 0) is 6.54 Å². The molecule has 4 atom stereocenters. The molecule has 2 rings (SSSR count). The molecule has 1 saturated heterocycles. The normalized spacial score (nSPS) is 29.5. The number of aliphatic hydroxyl groups is 3. The Bertz CT molecular complexity index is 514. The minimum Gasteiger partial charge on any atom is -0.406 e. The van der Waals surface area contributed by atoms with Gasteiger partial charge < -0.3 is 20.1 Å². The third-order valence-electron chi connectivity index (χ3n) is 3.72. The first-order valence-electron chi connectivity index (χ1n) is 6.91. The second-order valence-corrected chi connectivity index (χ2v) is 6.97. The number of likely N-dealkylation sites (tertiary alicyclic amines) is 1. The summed E-state index contributed by atoms with van der Waals surface area (Å²) in [6.07, 6.45) is -6.74. The Labute approximate surface area is 144 Å². The van der Waals surface area contributed by atoms with Crippen LogP contribution in [0.2, 0.25) is 0 Å². The van der Waals surface area contributed by atoms with Gasteiger partial charge in [0.1, 0.15) is 5.75 Å². The molecule has 23 heavy (non-hydrogen) atoms. The third-order valence-corrected chi connectivity index (χ3v) is 4.85. The predicted molar refractivity (Wildman–Crippen MR) is 84.2 cm³/mol. The maximum Gasteiger partial charge on any atom is 0.573 e. The fraction of sp³-hybridized carbons (Fsp3) is 0.571. The van der Waals surface area contributed by atoms with Crippen molar-refractivity contribution < 1.29 is 33.2 Å². The van der Waals surface area contributed by atoms with Crippen molar-refractivity contribution in [2.45, 2.75) is 35.1 Å². The molecule has 9 heteroatoms. The summed E-state index contributed by atoms with van der Waals surface area (Å²) in [5.74, 6) is -0.305. The van der Waals surface area contributed by atoms with Gasteiger partial charge in [0, 0.05) is 13.1 Å². The third kappa shape index (κ3) is 4.92. The number of ether oxygens (including phenoxy) is 1. The summed E-state index contributed by atoms with van der Waals surface area (Å²) in [6, 6.07) is 4.80. The molecule has 3 N–H and O–H groups in total. The Morgan fingerprint density at radius 1 is 1.17 bits per heavy atom. The van der Waals surface area contributed by atoms with Crippen molar-refractivity contribution >= 4 is 22.6 Å². The first-order chi connectivity index (χ1) is 10.7. The van der Waals surface area contributed by atoms with E-state index in [4.69, 9.17) is 0 Å². The van der Waals surface area contributed by atoms with Gasteiger partial charge in [0.25, 0.3) is 0 Å². The van der Waals surface area contributed by atoms with E-state index in [1.807, 2.05) is 22.6 Å². The molecule has 0 aliphatic carbocycles. The van der Waals surface area contributed by atoms with E-state index in [-0.39, 0.29) is 16.3 Å². The first kappa shape index (κ1) is 18.7. The van der Waals surface area contributed by atoms with Gasteiger partial charge in [-0.05, 0) is 17.7 Å². The minimum atomic E-state index is -4.73. The molecular weight excluding hydrogens is 430 g/mol. The quantitative estimate of drug-likeness (QED) is 0.480. The van der Waals surface area contributed by atoms with Crippen LogP contribution in [0.4, 0.5) is 13.2 Å². The molecule has 0 saturated carbocycles. The zero-order chi connectivity index (χ0) is 17.2. The van der Waals surface area contributed by atoms with E-state index in [2.05, 4.69) is 4.74 Å². The SMILES string of the molecule is OC[C@@H]1[C@@H](O)[C@H](O)[C@@H](I)CN1Cc1ccc(OC(F)(F)F)cc1. The van der Waals surface area contributed by atoms with Crippen LogP contribution >= 0.6 is 22.6 Å². The highest BCUT2D eigenvalue weighted by Crippen LogP contribution is 2.27. The number of hydrogen-bond acceptors (Lipinski definition) is 5. The van der Waals surface area contributed by atoms with Crippen LogP contribution < -0.4 is 4.74 Å². The molecule has 1 aromatic carbocycles. The van der Waals surface area contributed by atoms with Crippen molar-refractivity contribution in [3.63, 3.8) is 0 Å². The average molecular weight is 447 g/mol. The Kier molecular flexibility index (Phi) is 6.11. The largest absolute Gasteiger partial charge is 0.573 e. The first-order valence-corrected chi connectivity index (χ1v) is 8.15. The maximum atomic E-state index is 12.1. The van der Waals surface area contributed by atoms with Crippen molar-refractivity contribution in [3.8, 4) is 5.75 Å². The number of aliphatic hydroxyl groups excluding tert-OH is 3. The molecule has 1 aliphatic heterocycles. The lowest BCUT2D eigenvalue weighted by Crippen LogP contribution is -2.60. The predicted octanol–water partition coefficient (Wildman–Crippen LogP) is 1.29. The number of alkyl halides is 4. The monoisotopic (exact) mass is 447 g/mol. The van der Waals surface area contributed by atoms with Gasteiger partial charge >= 0.3 is 6.36 Å². The Hall–Kier alpha value is -0.620. The number of halogens is 4. The van der Waals surface area contributed by atoms with Gasteiger partial charge in [-0.2, -0.15) is 0 Å². The zero-order valence-corrected chi connectivity index (χ0v) is 14.1. The molecule has 0 bridgehead atoms. The van der Waals surface area contributed by atoms with E-state index in [0.717, 1.165) is 0 Å². The summed E-state index contributed by atoms with van der Waals surface area (Å²) in [5, 5.41) is 29.3. The van der Waals surface area contributed by atoms with Gasteiger partial charge in [-0.15, -0.1) is 13.2 Å². The summed E-state index contributed by atoms with van der Waals surface area (Å²) in [4.78, 5) is 1.80. The standard InChI is InChI=1S/C14H17F3INO4/c15-14(16,17)23-9-3-1-8(2-4-9)5-19-6-10(18)12(21)13(22)11(19)7-20/h1-4,10-13,20-22H,5-7H2/t10-,11+,12+,13+/m0/s1. The van der Waals surface area contributed by atoms with E-state index in [1.165, 1.54) is 24.3 Å². The van der Waals surface area contributed by atoms with Crippen LogP contribution in [0.1, 0.15) is 5.56 Å². The van der Waals surface area contributed by atoms with Crippen molar-refractivity contribution in [1.82, 2.24) is 4.90 Å². The average Bonchev–Trinajstić information content (AvgIpc) is 2.46. The molecule has 0 spiro atoms. The molecule has 0 radical (unpaired) electrons. The number of nitrogens with zero attached hydrogens (tertiary/aromatic N) is 1. The molecule has 0 unspecified atom stereocenters. The van der Waals surface area contributed by atoms with Gasteiger partial charge in [-0.1, -0.05) is 34.7 Å². The van der Waals surface area contributed by atoms with Crippen molar-refractivity contribution in [3.05, 3.63) is 29.8 Å². The van der Waals surface area contributed by atoms with Crippen molar-refractivity contribution in [1.29, 1.82) is 0 Å². The van der Waals surface area contributed by atoms with Crippen LogP contribution in [0.5, 0.6) is 5.75 Å². The molecule has 1 fully saturated rings. The fourth-order valence-corrected chi connectivity index (χ4v) is 3.49. The smallest absolute Gasteiger partial charge is 0.406 e. The number of hydrogen-bond donors (Lipinski definition) is 3. The summed E-state index contributed by atoms with van der Waals surface area (Å²) in [5.41, 5.74) is 0.713. The molecule has 1 aromatic rings. The van der Waals surface area contributed by atoms with E-state index in [9.17, 15) is 28.5 Å². The van der Waals surface area contributed by atoms with E-state index in [0.29, 0.717) is 18.7 Å². The van der Waals surface area contributed by atoms with E-state index >= 15 is 0 Å². The molecule has 1 aliphatic rings. The summed E-state index contributed by atoms with van der Waals surface area (Å²) in [7, 11) is 0. The van der Waals surface area contributed by atoms with E-state index < -0.39 is 24.6 Å². The highest BCUT2D eigenvalue weighted by atomic mass is 127. The van der Waals surface area contributed by atoms with Crippen molar-refractivity contribution in [2.75, 3.05) is 13.2 Å². The van der Waals surface area contributed by atoms with Crippen LogP contribution in [0.25, 0.3) is 0 Å². The zero-order valence-electron chi connectivity index (χ0n) is 11.9. The summed E-state index contributed by atoms with van der Waals surface area (Å²) < 4.78 is 40.0. The molecule has 130 valence electrons. The van der Waals surface area contributed by atoms with Crippen LogP contribution in [-0.4, -0.2) is 61.9 Å². The molecule has 5 nitrogen and oxygen atoms in total. The lowest BCUT2D eigenvalue weighted by Gasteiger charge is -2.43. The van der Waals surface area contributed by atoms with Gasteiger partial charge in [-0.3, -0.25) is 4.90 Å². The molecule has 0 amide bonds. The lowest BCUT2D eigenvalue weighted by atomic mass is 9.96. The number of benzene rings is 1. The molecule has 1 heterocycles. The number of piperidine rings is 1. The van der Waals surface area contributed by atoms with Crippen LogP contribution in [0.3, 0.4) is 0 Å². The summed E-state index contributed by atoms with van der Waals surface area (Å²) in [6.45, 7) is 0.461. The maximum absolute atomic E-state index is 12.1. The Balaban J connectivity index is 2.05. The minimum absolute atomic E-state index is 0.210. The Morgan fingerprint density at radius 3 is 2.30 bits per heavy atom. The van der Waals surface area contributed by atoms with Crippen molar-refractivity contribution in [2.24, 2.45) is 0 Å². The fourth-order valence-electron chi connectivity index (χ4n) is 2.56. The van der Waals surface area contributed by atoms with Gasteiger partial charge in [0.2, 0.25) is 0 Å². The molecule has 0 aromatic heterocycles. The van der Waals surface area contributed by atoms with Crippen LogP contribution in [0.15, 0.2) is 24.3 Å². The van der Waals surface area contributed by atoms with Gasteiger partial charge in [0.05, 0.1) is 28.8 Å². The number of rotatable bonds is 4. The second-order valence-electron chi connectivity index (χ2n) is 5.37. The Morgan fingerprint density at radius 2 is 1.78 bits per heavy atom. The van der Waals surface area contributed by atoms with E-state index in [1.54, 1.807) is 4.90 Å². The van der Waals surface area contributed by atoms with Gasteiger partial charge in [-0.25, -0.2) is 0 Å². The lowest BCUT2D eigenvalue weighted by molar-refractivity contribution is -0.274. The van der Waals surface area contributed by atoms with Crippen LogP contribution in [0, 0.1) is 0 Å². The second kappa shape index (κ2) is 7.51. The topological polar surface area (TPSA) is 73.2 Å². The molecular formula is C14H17F3INO4. The highest BCUT2D eigenvalue weighted by molar-refractivity contribution is 14.1.